The van der Waals surface area contributed by atoms with E-state index in [1.54, 1.807) is 0 Å². The van der Waals surface area contributed by atoms with Gasteiger partial charge < -0.3 is 14.3 Å². The third-order valence-electron chi connectivity index (χ3n) is 3.49. The highest BCUT2D eigenvalue weighted by Crippen LogP contribution is 2.17. The monoisotopic (exact) mass is 251 g/mol. The van der Waals surface area contributed by atoms with Gasteiger partial charge in [-0.15, -0.1) is 0 Å². The Balaban J connectivity index is 2.17. The van der Waals surface area contributed by atoms with Gasteiger partial charge >= 0.3 is 0 Å². The van der Waals surface area contributed by atoms with Crippen LogP contribution in [-0.2, 0) is 6.42 Å². The third kappa shape index (κ3) is 2.56. The maximum atomic E-state index is 12.5. The molecule has 0 aliphatic carbocycles. The maximum absolute atomic E-state index is 12.5. The normalized spacial score (nSPS) is 17.8. The topological polar surface area (TPSA) is 49.6 Å². The Morgan fingerprint density at radius 2 is 2.11 bits per heavy atom. The van der Waals surface area contributed by atoms with Crippen molar-refractivity contribution in [2.45, 2.75) is 26.7 Å². The van der Waals surface area contributed by atoms with Crippen molar-refractivity contribution < 1.29 is 9.32 Å². The minimum Gasteiger partial charge on any atom is -0.361 e. The quantitative estimate of drug-likeness (QED) is 0.795. The number of rotatable bonds is 2. The van der Waals surface area contributed by atoms with E-state index in [0.717, 1.165) is 44.7 Å². The fourth-order valence-electron chi connectivity index (χ4n) is 2.34. The summed E-state index contributed by atoms with van der Waals surface area (Å²) in [6.07, 6.45) is 1.75. The summed E-state index contributed by atoms with van der Waals surface area (Å²) in [5.41, 5.74) is 1.44. The number of carbonyl (C=O) groups excluding carboxylic acids is 1. The highest BCUT2D eigenvalue weighted by atomic mass is 16.5. The summed E-state index contributed by atoms with van der Waals surface area (Å²) in [5, 5.41) is 3.96. The van der Waals surface area contributed by atoms with Gasteiger partial charge in [-0.3, -0.25) is 4.79 Å². The number of nitrogens with zero attached hydrogens (tertiary/aromatic N) is 3. The molecule has 1 amide bonds. The largest absolute Gasteiger partial charge is 0.361 e. The first kappa shape index (κ1) is 13.1. The fraction of sp³-hybridized carbons (Fsp3) is 0.692. The Labute approximate surface area is 108 Å². The molecule has 1 aromatic rings. The lowest BCUT2D eigenvalue weighted by molar-refractivity contribution is 0.0760. The number of amides is 1. The summed E-state index contributed by atoms with van der Waals surface area (Å²) in [5.74, 6) is 0.704. The zero-order chi connectivity index (χ0) is 13.1. The van der Waals surface area contributed by atoms with Crippen LogP contribution in [0, 0.1) is 6.92 Å². The lowest BCUT2D eigenvalue weighted by atomic mass is 10.1. The molecule has 1 aliphatic rings. The summed E-state index contributed by atoms with van der Waals surface area (Å²) in [7, 11) is 2.09. The Kier molecular flexibility index (Phi) is 4.01. The van der Waals surface area contributed by atoms with Crippen molar-refractivity contribution in [2.24, 2.45) is 0 Å². The highest BCUT2D eigenvalue weighted by Gasteiger charge is 2.25. The van der Waals surface area contributed by atoms with Gasteiger partial charge in [0.05, 0.1) is 5.69 Å². The second-order valence-electron chi connectivity index (χ2n) is 4.86. The van der Waals surface area contributed by atoms with Crippen LogP contribution in [0.4, 0.5) is 0 Å². The van der Waals surface area contributed by atoms with E-state index < -0.39 is 0 Å². The lowest BCUT2D eigenvalue weighted by Gasteiger charge is -2.20. The Hall–Kier alpha value is -1.36. The van der Waals surface area contributed by atoms with Gasteiger partial charge in [0.25, 0.3) is 5.91 Å². The number of hydrogen-bond acceptors (Lipinski definition) is 4. The van der Waals surface area contributed by atoms with Crippen LogP contribution < -0.4 is 0 Å². The average molecular weight is 251 g/mol. The second kappa shape index (κ2) is 5.52. The smallest absolute Gasteiger partial charge is 0.259 e. The minimum atomic E-state index is 0.0703. The van der Waals surface area contributed by atoms with Crippen LogP contribution >= 0.6 is 0 Å². The average Bonchev–Trinajstić information content (AvgIpc) is 2.59. The third-order valence-corrected chi connectivity index (χ3v) is 3.49. The molecule has 1 saturated heterocycles. The molecule has 1 aliphatic heterocycles. The number of hydrogen-bond donors (Lipinski definition) is 0. The summed E-state index contributed by atoms with van der Waals surface area (Å²) in [6, 6.07) is 0. The van der Waals surface area contributed by atoms with Crippen molar-refractivity contribution >= 4 is 5.91 Å². The van der Waals surface area contributed by atoms with E-state index in [4.69, 9.17) is 4.52 Å². The molecule has 0 spiro atoms. The van der Waals surface area contributed by atoms with Gasteiger partial charge in [0, 0.05) is 19.6 Å². The van der Waals surface area contributed by atoms with E-state index >= 15 is 0 Å². The van der Waals surface area contributed by atoms with Gasteiger partial charge in [0.2, 0.25) is 0 Å². The van der Waals surface area contributed by atoms with Crippen molar-refractivity contribution in [3.8, 4) is 0 Å². The van der Waals surface area contributed by atoms with Crippen molar-refractivity contribution in [1.82, 2.24) is 15.0 Å². The minimum absolute atomic E-state index is 0.0703. The van der Waals surface area contributed by atoms with Gasteiger partial charge in [-0.2, -0.15) is 0 Å². The van der Waals surface area contributed by atoms with Crippen LogP contribution in [0.25, 0.3) is 0 Å². The molecule has 0 bridgehead atoms. The predicted octanol–water partition coefficient (Wildman–Crippen LogP) is 1.32. The van der Waals surface area contributed by atoms with E-state index in [2.05, 4.69) is 17.1 Å². The molecule has 0 aromatic carbocycles. The first-order valence-corrected chi connectivity index (χ1v) is 6.56. The summed E-state index contributed by atoms with van der Waals surface area (Å²) in [4.78, 5) is 16.7. The predicted molar refractivity (Wildman–Crippen MR) is 68.6 cm³/mol. The highest BCUT2D eigenvalue weighted by molar-refractivity contribution is 5.96. The van der Waals surface area contributed by atoms with Crippen LogP contribution in [0.2, 0.25) is 0 Å². The van der Waals surface area contributed by atoms with E-state index in [0.29, 0.717) is 11.3 Å². The maximum Gasteiger partial charge on any atom is 0.259 e. The molecule has 0 atom stereocenters. The van der Waals surface area contributed by atoms with Gasteiger partial charge in [0.1, 0.15) is 11.3 Å². The Morgan fingerprint density at radius 3 is 2.83 bits per heavy atom. The number of aromatic nitrogens is 1. The number of likely N-dealkylation sites (N-methyl/N-ethyl adjacent to an activating group) is 1. The summed E-state index contributed by atoms with van der Waals surface area (Å²) in [6.45, 7) is 7.37. The first-order valence-electron chi connectivity index (χ1n) is 6.56. The van der Waals surface area contributed by atoms with Gasteiger partial charge in [-0.05, 0) is 33.4 Å². The standard InChI is InChI=1S/C13H21N3O2/c1-4-11-12(10(2)18-14-11)13(17)16-7-5-6-15(3)8-9-16/h4-9H2,1-3H3. The molecule has 0 saturated carbocycles. The van der Waals surface area contributed by atoms with E-state index in [-0.39, 0.29) is 5.91 Å². The van der Waals surface area contributed by atoms with Gasteiger partial charge in [0.15, 0.2) is 0 Å². The van der Waals surface area contributed by atoms with Crippen LogP contribution in [0.15, 0.2) is 4.52 Å². The molecule has 1 fully saturated rings. The van der Waals surface area contributed by atoms with Crippen molar-refractivity contribution in [3.63, 3.8) is 0 Å². The summed E-state index contributed by atoms with van der Waals surface area (Å²) >= 11 is 0. The molecule has 5 nitrogen and oxygen atoms in total. The van der Waals surface area contributed by atoms with Gasteiger partial charge in [-0.1, -0.05) is 12.1 Å². The molecule has 0 radical (unpaired) electrons. The Morgan fingerprint density at radius 1 is 1.33 bits per heavy atom. The van der Waals surface area contributed by atoms with E-state index in [9.17, 15) is 4.79 Å². The number of aryl methyl sites for hydroxylation is 2. The van der Waals surface area contributed by atoms with Gasteiger partial charge in [-0.25, -0.2) is 0 Å². The zero-order valence-corrected chi connectivity index (χ0v) is 11.4. The van der Waals surface area contributed by atoms with Crippen molar-refractivity contribution in [1.29, 1.82) is 0 Å². The molecule has 5 heteroatoms. The van der Waals surface area contributed by atoms with Crippen LogP contribution in [0.5, 0.6) is 0 Å². The zero-order valence-electron chi connectivity index (χ0n) is 11.4. The summed E-state index contributed by atoms with van der Waals surface area (Å²) < 4.78 is 5.14. The molecule has 0 N–H and O–H groups in total. The number of carbonyl (C=O) groups is 1. The van der Waals surface area contributed by atoms with Crippen molar-refractivity contribution in [2.75, 3.05) is 33.2 Å². The first-order chi connectivity index (χ1) is 8.63. The second-order valence-corrected chi connectivity index (χ2v) is 4.86. The van der Waals surface area contributed by atoms with Crippen molar-refractivity contribution in [3.05, 3.63) is 17.0 Å². The fourth-order valence-corrected chi connectivity index (χ4v) is 2.34. The SMILES string of the molecule is CCc1noc(C)c1C(=O)N1CCCN(C)CC1. The molecule has 100 valence electrons. The van der Waals surface area contributed by atoms with E-state index in [1.165, 1.54) is 0 Å². The molecule has 18 heavy (non-hydrogen) atoms. The molecular weight excluding hydrogens is 230 g/mol. The molecule has 1 aromatic heterocycles. The molecular formula is C13H21N3O2. The Bertz CT molecular complexity index is 428. The lowest BCUT2D eigenvalue weighted by Crippen LogP contribution is -2.35. The van der Waals surface area contributed by atoms with Crippen LogP contribution in [0.3, 0.4) is 0 Å². The van der Waals surface area contributed by atoms with Crippen LogP contribution in [0.1, 0.15) is 35.2 Å². The molecule has 2 heterocycles. The molecule has 2 rings (SSSR count). The van der Waals surface area contributed by atoms with Crippen LogP contribution in [-0.4, -0.2) is 54.1 Å². The molecule has 0 unspecified atom stereocenters. The van der Waals surface area contributed by atoms with E-state index in [1.807, 2.05) is 18.7 Å².